The first-order valence-electron chi connectivity index (χ1n) is 4.67. The fourth-order valence-corrected chi connectivity index (χ4v) is 1.29. The first-order chi connectivity index (χ1) is 8.48. The molecule has 0 aliphatic carbocycles. The number of halogens is 4. The van der Waals surface area contributed by atoms with Crippen molar-refractivity contribution in [1.82, 2.24) is 0 Å². The number of benzene rings is 1. The summed E-state index contributed by atoms with van der Waals surface area (Å²) in [6.45, 7) is -0.0991. The van der Waals surface area contributed by atoms with Crippen LogP contribution in [0.2, 0.25) is 0 Å². The van der Waals surface area contributed by atoms with Gasteiger partial charge in [-0.3, -0.25) is 20.2 Å². The van der Waals surface area contributed by atoms with Gasteiger partial charge in [0.1, 0.15) is 5.56 Å². The van der Waals surface area contributed by atoms with Crippen molar-refractivity contribution in [3.05, 3.63) is 44.0 Å². The van der Waals surface area contributed by atoms with Crippen molar-refractivity contribution < 1.29 is 27.4 Å². The van der Waals surface area contributed by atoms with Gasteiger partial charge in [0.05, 0.1) is 15.9 Å². The van der Waals surface area contributed by atoms with Gasteiger partial charge in [0.15, 0.2) is 0 Å². The maximum atomic E-state index is 13.4. The highest BCUT2D eigenvalue weighted by molar-refractivity contribution is 5.51. The van der Waals surface area contributed by atoms with E-state index in [2.05, 4.69) is 0 Å². The number of non-ortho nitro benzene ring substituents is 1. The molecule has 1 aromatic carbocycles. The zero-order valence-electron chi connectivity index (χ0n) is 9.27. The van der Waals surface area contributed by atoms with E-state index < -0.39 is 38.6 Å². The number of nitro groups is 2. The molecule has 0 heterocycles. The molecule has 1 aromatic rings. The minimum absolute atomic E-state index is 0.0991. The van der Waals surface area contributed by atoms with Crippen LogP contribution in [-0.2, 0) is 5.92 Å². The number of hydrogen-bond donors (Lipinski definition) is 0. The Labute approximate surface area is 102 Å². The highest BCUT2D eigenvalue weighted by atomic mass is 19.3. The van der Waals surface area contributed by atoms with Crippen LogP contribution in [0.3, 0.4) is 0 Å². The molecule has 19 heavy (non-hydrogen) atoms. The van der Waals surface area contributed by atoms with Crippen LogP contribution in [0, 0.1) is 20.2 Å². The van der Waals surface area contributed by atoms with E-state index in [1.807, 2.05) is 0 Å². The molecule has 0 spiro atoms. The molecule has 0 unspecified atom stereocenters. The van der Waals surface area contributed by atoms with Crippen LogP contribution in [0.1, 0.15) is 12.5 Å². The Morgan fingerprint density at radius 2 is 1.58 bits per heavy atom. The molecule has 0 amide bonds. The van der Waals surface area contributed by atoms with E-state index in [4.69, 9.17) is 0 Å². The van der Waals surface area contributed by atoms with Gasteiger partial charge in [0.25, 0.3) is 11.4 Å². The first-order valence-corrected chi connectivity index (χ1v) is 4.67. The summed E-state index contributed by atoms with van der Waals surface area (Å²) in [5.41, 5.74) is -3.85. The van der Waals surface area contributed by atoms with E-state index in [9.17, 15) is 37.8 Å². The van der Waals surface area contributed by atoms with Gasteiger partial charge < -0.3 is 0 Å². The lowest BCUT2D eigenvalue weighted by Crippen LogP contribution is -2.35. The summed E-state index contributed by atoms with van der Waals surface area (Å²) < 4.78 is 52.3. The molecule has 0 N–H and O–H groups in total. The van der Waals surface area contributed by atoms with Crippen LogP contribution < -0.4 is 0 Å². The first kappa shape index (κ1) is 14.8. The Hall–Kier alpha value is -2.26. The summed E-state index contributed by atoms with van der Waals surface area (Å²) in [6, 6.07) is 0.977. The molecule has 6 nitrogen and oxygen atoms in total. The molecule has 0 aromatic heterocycles. The van der Waals surface area contributed by atoms with E-state index >= 15 is 0 Å². The van der Waals surface area contributed by atoms with Gasteiger partial charge in [0, 0.05) is 13.0 Å². The van der Waals surface area contributed by atoms with Gasteiger partial charge in [-0.1, -0.05) is 0 Å². The summed E-state index contributed by atoms with van der Waals surface area (Å²) in [4.78, 5) is 18.5. The summed E-state index contributed by atoms with van der Waals surface area (Å²) in [5.74, 6) is -9.36. The molecule has 0 radical (unpaired) electrons. The van der Waals surface area contributed by atoms with Gasteiger partial charge in [-0.25, -0.2) is 0 Å². The van der Waals surface area contributed by atoms with E-state index in [1.54, 1.807) is 0 Å². The van der Waals surface area contributed by atoms with Gasteiger partial charge in [-0.15, -0.1) is 0 Å². The third-order valence-electron chi connectivity index (χ3n) is 2.28. The molecule has 1 rings (SSSR count). The third kappa shape index (κ3) is 2.61. The molecular formula is C9H6F4N2O4. The fourth-order valence-electron chi connectivity index (χ4n) is 1.29. The Kier molecular flexibility index (Phi) is 3.46. The number of rotatable bonds is 4. The maximum absolute atomic E-state index is 13.4. The normalized spacial score (nSPS) is 12.3. The van der Waals surface area contributed by atoms with Crippen LogP contribution in [0.5, 0.6) is 0 Å². The lowest BCUT2D eigenvalue weighted by Gasteiger charge is -2.22. The minimum Gasteiger partial charge on any atom is -0.258 e. The number of nitrogens with zero attached hydrogens (tertiary/aromatic N) is 2. The molecular weight excluding hydrogens is 276 g/mol. The summed E-state index contributed by atoms with van der Waals surface area (Å²) >= 11 is 0. The van der Waals surface area contributed by atoms with Gasteiger partial charge in [-0.2, -0.15) is 17.6 Å². The van der Waals surface area contributed by atoms with Crippen molar-refractivity contribution in [3.8, 4) is 0 Å². The second-order valence-corrected chi connectivity index (χ2v) is 3.68. The van der Waals surface area contributed by atoms with E-state index in [0.717, 1.165) is 0 Å². The van der Waals surface area contributed by atoms with Crippen LogP contribution >= 0.6 is 0 Å². The molecule has 0 atom stereocenters. The lowest BCUT2D eigenvalue weighted by molar-refractivity contribution is -0.396. The monoisotopic (exact) mass is 282 g/mol. The molecule has 0 fully saturated rings. The van der Waals surface area contributed by atoms with Gasteiger partial charge in [-0.05, 0) is 6.07 Å². The predicted molar refractivity (Wildman–Crippen MR) is 54.3 cm³/mol. The van der Waals surface area contributed by atoms with Crippen molar-refractivity contribution in [2.45, 2.75) is 18.8 Å². The summed E-state index contributed by atoms with van der Waals surface area (Å²) in [6.07, 6.45) is 0. The van der Waals surface area contributed by atoms with Gasteiger partial charge >= 0.3 is 11.8 Å². The quantitative estimate of drug-likeness (QED) is 0.482. The van der Waals surface area contributed by atoms with Crippen molar-refractivity contribution >= 4 is 11.4 Å². The highest BCUT2D eigenvalue weighted by Gasteiger charge is 2.56. The fraction of sp³-hybridized carbons (Fsp3) is 0.333. The Bertz CT molecular complexity index is 542. The standard InChI is InChI=1S/C9H6F4N2O4/c1-8(10,11)9(12,13)6-3-2-5(14(16)17)4-7(6)15(18)19/h2-4H,1H3. The summed E-state index contributed by atoms with van der Waals surface area (Å²) in [7, 11) is 0. The minimum atomic E-state index is -4.81. The van der Waals surface area contributed by atoms with Crippen LogP contribution in [0.15, 0.2) is 18.2 Å². The molecule has 0 bridgehead atoms. The second-order valence-electron chi connectivity index (χ2n) is 3.68. The smallest absolute Gasteiger partial charge is 0.258 e. The molecule has 0 aliphatic rings. The average Bonchev–Trinajstić information content (AvgIpc) is 2.26. The lowest BCUT2D eigenvalue weighted by atomic mass is 10.0. The second kappa shape index (κ2) is 4.44. The molecule has 0 aliphatic heterocycles. The van der Waals surface area contributed by atoms with Gasteiger partial charge in [0.2, 0.25) is 0 Å². The van der Waals surface area contributed by atoms with Crippen molar-refractivity contribution in [2.24, 2.45) is 0 Å². The Morgan fingerprint density at radius 1 is 1.05 bits per heavy atom. The molecule has 0 saturated heterocycles. The zero-order chi connectivity index (χ0) is 15.0. The van der Waals surface area contributed by atoms with Crippen molar-refractivity contribution in [3.63, 3.8) is 0 Å². The molecule has 0 saturated carbocycles. The third-order valence-corrected chi connectivity index (χ3v) is 2.28. The van der Waals surface area contributed by atoms with E-state index in [1.165, 1.54) is 0 Å². The summed E-state index contributed by atoms with van der Waals surface area (Å²) in [5, 5.41) is 21.0. The molecule has 10 heteroatoms. The van der Waals surface area contributed by atoms with E-state index in [0.29, 0.717) is 6.07 Å². The molecule has 104 valence electrons. The van der Waals surface area contributed by atoms with Crippen LogP contribution in [0.25, 0.3) is 0 Å². The SMILES string of the molecule is CC(F)(F)C(F)(F)c1ccc([N+](=O)[O-])cc1[N+](=O)[O-]. The largest absolute Gasteiger partial charge is 0.341 e. The predicted octanol–water partition coefficient (Wildman–Crippen LogP) is 3.25. The van der Waals surface area contributed by atoms with Crippen molar-refractivity contribution in [2.75, 3.05) is 0 Å². The number of alkyl halides is 4. The van der Waals surface area contributed by atoms with Crippen LogP contribution in [0.4, 0.5) is 28.9 Å². The topological polar surface area (TPSA) is 86.3 Å². The highest BCUT2D eigenvalue weighted by Crippen LogP contribution is 2.46. The average molecular weight is 282 g/mol. The van der Waals surface area contributed by atoms with Crippen LogP contribution in [-0.4, -0.2) is 15.8 Å². The van der Waals surface area contributed by atoms with E-state index in [-0.39, 0.29) is 19.1 Å². The number of hydrogen-bond acceptors (Lipinski definition) is 4. The Balaban J connectivity index is 3.53. The number of nitro benzene ring substituents is 2. The maximum Gasteiger partial charge on any atom is 0.341 e. The zero-order valence-corrected chi connectivity index (χ0v) is 9.27. The van der Waals surface area contributed by atoms with Crippen molar-refractivity contribution in [1.29, 1.82) is 0 Å². The Morgan fingerprint density at radius 3 is 1.95 bits per heavy atom.